The molecule has 0 spiro atoms. The molecule has 3 aromatic carbocycles. The van der Waals surface area contributed by atoms with E-state index >= 15 is 0 Å². The van der Waals surface area contributed by atoms with Crippen LogP contribution in [0.3, 0.4) is 0 Å². The van der Waals surface area contributed by atoms with E-state index in [1.54, 1.807) is 73.8 Å². The highest BCUT2D eigenvalue weighted by Gasteiger charge is 2.48. The molecule has 1 fully saturated rings. The zero-order chi connectivity index (χ0) is 25.8. The van der Waals surface area contributed by atoms with E-state index in [4.69, 9.17) is 18.9 Å². The molecule has 1 aliphatic rings. The molecule has 8 nitrogen and oxygen atoms in total. The number of methoxy groups -OCH3 is 3. The van der Waals surface area contributed by atoms with Crippen LogP contribution in [0.25, 0.3) is 5.76 Å². The van der Waals surface area contributed by atoms with Gasteiger partial charge in [0.1, 0.15) is 28.8 Å². The largest absolute Gasteiger partial charge is 0.507 e. The Labute approximate surface area is 209 Å². The van der Waals surface area contributed by atoms with Gasteiger partial charge in [-0.3, -0.25) is 14.5 Å². The van der Waals surface area contributed by atoms with E-state index in [1.165, 1.54) is 19.1 Å². The van der Waals surface area contributed by atoms with Crippen molar-refractivity contribution >= 4 is 23.1 Å². The van der Waals surface area contributed by atoms with E-state index in [1.807, 2.05) is 6.92 Å². The Balaban J connectivity index is 1.92. The number of carbonyl (C=O) groups excluding carboxylic acids is 2. The minimum Gasteiger partial charge on any atom is -0.507 e. The Hall–Kier alpha value is -4.46. The van der Waals surface area contributed by atoms with Crippen LogP contribution in [0.5, 0.6) is 23.0 Å². The third-order valence-electron chi connectivity index (χ3n) is 5.97. The van der Waals surface area contributed by atoms with Gasteiger partial charge in [-0.1, -0.05) is 0 Å². The number of rotatable bonds is 8. The number of ketones is 1. The second-order valence-corrected chi connectivity index (χ2v) is 7.93. The first kappa shape index (κ1) is 24.7. The number of anilines is 1. The summed E-state index contributed by atoms with van der Waals surface area (Å²) in [7, 11) is 4.56. The summed E-state index contributed by atoms with van der Waals surface area (Å²) in [5.41, 5.74) is 1.31. The van der Waals surface area contributed by atoms with Crippen LogP contribution in [-0.4, -0.2) is 44.7 Å². The number of amides is 1. The average molecular weight is 490 g/mol. The van der Waals surface area contributed by atoms with E-state index in [0.717, 1.165) is 0 Å². The summed E-state index contributed by atoms with van der Waals surface area (Å²) < 4.78 is 21.6. The van der Waals surface area contributed by atoms with Crippen molar-refractivity contribution in [3.63, 3.8) is 0 Å². The molecule has 1 aliphatic heterocycles. The Morgan fingerprint density at radius 3 is 2.03 bits per heavy atom. The predicted octanol–water partition coefficient (Wildman–Crippen LogP) is 4.74. The molecule has 0 aromatic heterocycles. The summed E-state index contributed by atoms with van der Waals surface area (Å²) in [6.07, 6.45) is 0. The number of nitrogens with zero attached hydrogens (tertiary/aromatic N) is 1. The third-order valence-corrected chi connectivity index (χ3v) is 5.97. The molecule has 1 N–H and O–H groups in total. The standard InChI is InChI=1S/C28H27NO7/c1-5-36-20-10-6-17(7-11-20)26(30)24-25(22-15-14-21(34-3)16-23(22)35-4)29(28(32)27(24)31)18-8-12-19(33-2)13-9-18/h6-16,25,30H,5H2,1-4H3. The highest BCUT2D eigenvalue weighted by molar-refractivity contribution is 6.51. The van der Waals surface area contributed by atoms with Crippen LogP contribution in [0, 0.1) is 0 Å². The maximum Gasteiger partial charge on any atom is 0.300 e. The molecule has 4 rings (SSSR count). The van der Waals surface area contributed by atoms with Crippen molar-refractivity contribution < 1.29 is 33.6 Å². The monoisotopic (exact) mass is 489 g/mol. The first-order valence-corrected chi connectivity index (χ1v) is 11.3. The molecule has 1 amide bonds. The Bertz CT molecular complexity index is 1300. The molecule has 1 unspecified atom stereocenters. The van der Waals surface area contributed by atoms with Crippen molar-refractivity contribution in [3.8, 4) is 23.0 Å². The second kappa shape index (κ2) is 10.4. The van der Waals surface area contributed by atoms with Crippen molar-refractivity contribution in [2.75, 3.05) is 32.8 Å². The molecule has 3 aromatic rings. The number of hydrogen-bond acceptors (Lipinski definition) is 7. The van der Waals surface area contributed by atoms with Gasteiger partial charge in [-0.25, -0.2) is 0 Å². The van der Waals surface area contributed by atoms with Crippen molar-refractivity contribution in [3.05, 3.63) is 83.4 Å². The highest BCUT2D eigenvalue weighted by Crippen LogP contribution is 2.46. The Kier molecular flexibility index (Phi) is 7.15. The summed E-state index contributed by atoms with van der Waals surface area (Å²) in [4.78, 5) is 28.1. The van der Waals surface area contributed by atoms with Gasteiger partial charge >= 0.3 is 0 Å². The van der Waals surface area contributed by atoms with E-state index in [-0.39, 0.29) is 11.3 Å². The zero-order valence-electron chi connectivity index (χ0n) is 20.5. The molecule has 0 radical (unpaired) electrons. The zero-order valence-corrected chi connectivity index (χ0v) is 20.5. The van der Waals surface area contributed by atoms with E-state index in [9.17, 15) is 14.7 Å². The lowest BCUT2D eigenvalue weighted by Crippen LogP contribution is -2.29. The fourth-order valence-electron chi connectivity index (χ4n) is 4.21. The number of aliphatic hydroxyl groups is 1. The van der Waals surface area contributed by atoms with Crippen LogP contribution < -0.4 is 23.8 Å². The van der Waals surface area contributed by atoms with Crippen LogP contribution in [-0.2, 0) is 9.59 Å². The van der Waals surface area contributed by atoms with Crippen molar-refractivity contribution in [1.82, 2.24) is 0 Å². The van der Waals surface area contributed by atoms with Crippen LogP contribution in [0.4, 0.5) is 5.69 Å². The predicted molar refractivity (Wildman–Crippen MR) is 135 cm³/mol. The van der Waals surface area contributed by atoms with Crippen molar-refractivity contribution in [2.45, 2.75) is 13.0 Å². The summed E-state index contributed by atoms with van der Waals surface area (Å²) in [6.45, 7) is 2.37. The van der Waals surface area contributed by atoms with Gasteiger partial charge in [0.25, 0.3) is 11.7 Å². The van der Waals surface area contributed by atoms with Crippen molar-refractivity contribution in [2.24, 2.45) is 0 Å². The molecular formula is C28H27NO7. The quantitative estimate of drug-likeness (QED) is 0.278. The molecule has 0 saturated carbocycles. The number of benzene rings is 3. The number of Topliss-reactive ketones (excluding diaryl/α,β-unsaturated/α-hetero) is 1. The molecule has 8 heteroatoms. The van der Waals surface area contributed by atoms with Gasteiger partial charge in [-0.15, -0.1) is 0 Å². The molecular weight excluding hydrogens is 462 g/mol. The number of ether oxygens (including phenoxy) is 4. The molecule has 1 atom stereocenters. The molecule has 186 valence electrons. The van der Waals surface area contributed by atoms with Crippen LogP contribution in [0.1, 0.15) is 24.1 Å². The smallest absolute Gasteiger partial charge is 0.300 e. The highest BCUT2D eigenvalue weighted by atomic mass is 16.5. The van der Waals surface area contributed by atoms with Gasteiger partial charge in [0.15, 0.2) is 0 Å². The summed E-state index contributed by atoms with van der Waals surface area (Å²) in [5, 5.41) is 11.3. The number of hydrogen-bond donors (Lipinski definition) is 1. The molecule has 0 bridgehead atoms. The summed E-state index contributed by atoms with van der Waals surface area (Å²) in [6, 6.07) is 17.6. The molecule has 1 heterocycles. The molecule has 1 saturated heterocycles. The summed E-state index contributed by atoms with van der Waals surface area (Å²) >= 11 is 0. The lowest BCUT2D eigenvalue weighted by Gasteiger charge is -2.27. The lowest BCUT2D eigenvalue weighted by atomic mass is 9.94. The van der Waals surface area contributed by atoms with Gasteiger partial charge in [-0.2, -0.15) is 0 Å². The lowest BCUT2D eigenvalue weighted by molar-refractivity contribution is -0.132. The van der Waals surface area contributed by atoms with Crippen LogP contribution in [0.2, 0.25) is 0 Å². The molecule has 36 heavy (non-hydrogen) atoms. The Morgan fingerprint density at radius 1 is 0.833 bits per heavy atom. The maximum atomic E-state index is 13.4. The third kappa shape index (κ3) is 4.45. The number of aliphatic hydroxyl groups excluding tert-OH is 1. The van der Waals surface area contributed by atoms with Crippen LogP contribution in [0.15, 0.2) is 72.3 Å². The SMILES string of the molecule is CCOc1ccc(C(O)=C2C(=O)C(=O)N(c3ccc(OC)cc3)C2c2ccc(OC)cc2OC)cc1. The fourth-order valence-corrected chi connectivity index (χ4v) is 4.21. The van der Waals surface area contributed by atoms with Gasteiger partial charge in [0, 0.05) is 22.9 Å². The van der Waals surface area contributed by atoms with Gasteiger partial charge < -0.3 is 24.1 Å². The average Bonchev–Trinajstić information content (AvgIpc) is 3.18. The van der Waals surface area contributed by atoms with Crippen molar-refractivity contribution in [1.29, 1.82) is 0 Å². The first-order valence-electron chi connectivity index (χ1n) is 11.3. The molecule has 0 aliphatic carbocycles. The van der Waals surface area contributed by atoms with E-state index in [2.05, 4.69) is 0 Å². The van der Waals surface area contributed by atoms with E-state index in [0.29, 0.717) is 46.4 Å². The maximum absolute atomic E-state index is 13.4. The number of carbonyl (C=O) groups is 2. The topological polar surface area (TPSA) is 94.5 Å². The minimum atomic E-state index is -0.953. The minimum absolute atomic E-state index is 0.0524. The fraction of sp³-hybridized carbons (Fsp3) is 0.214. The second-order valence-electron chi connectivity index (χ2n) is 7.93. The van der Waals surface area contributed by atoms with E-state index < -0.39 is 17.7 Å². The first-order chi connectivity index (χ1) is 17.4. The normalized spacial score (nSPS) is 16.7. The van der Waals surface area contributed by atoms with Gasteiger partial charge in [0.2, 0.25) is 0 Å². The Morgan fingerprint density at radius 2 is 1.44 bits per heavy atom. The van der Waals surface area contributed by atoms with Gasteiger partial charge in [0.05, 0.1) is 39.6 Å². The summed E-state index contributed by atoms with van der Waals surface area (Å²) in [5.74, 6) is 0.302. The van der Waals surface area contributed by atoms with Gasteiger partial charge in [-0.05, 0) is 67.6 Å². The van der Waals surface area contributed by atoms with Crippen LogP contribution >= 0.6 is 0 Å².